The molecule has 0 bridgehead atoms. The third kappa shape index (κ3) is 3.18. The Labute approximate surface area is 141 Å². The van der Waals surface area contributed by atoms with Gasteiger partial charge in [-0.05, 0) is 42.2 Å². The summed E-state index contributed by atoms with van der Waals surface area (Å²) in [5.74, 6) is 1.29. The van der Waals surface area contributed by atoms with Gasteiger partial charge in [0.1, 0.15) is 24.1 Å². The molecular formula is C19H23NO4. The minimum Gasteiger partial charge on any atom is -0.508 e. The predicted octanol–water partition coefficient (Wildman–Crippen LogP) is 2.10. The number of ether oxygens (including phenoxy) is 2. The van der Waals surface area contributed by atoms with E-state index in [0.717, 1.165) is 5.56 Å². The molecule has 24 heavy (non-hydrogen) atoms. The van der Waals surface area contributed by atoms with Crippen molar-refractivity contribution in [2.75, 3.05) is 13.2 Å². The van der Waals surface area contributed by atoms with E-state index in [1.54, 1.807) is 12.1 Å². The Kier molecular flexibility index (Phi) is 4.64. The van der Waals surface area contributed by atoms with E-state index in [2.05, 4.69) is 0 Å². The molecule has 2 aromatic carbocycles. The summed E-state index contributed by atoms with van der Waals surface area (Å²) in [6.45, 7) is 2.26. The minimum absolute atomic E-state index is 0.116. The molecule has 128 valence electrons. The van der Waals surface area contributed by atoms with Gasteiger partial charge in [0.15, 0.2) is 11.5 Å². The molecule has 0 fully saturated rings. The number of phenolic OH excluding ortho intramolecular Hbond substituents is 1. The zero-order valence-electron chi connectivity index (χ0n) is 13.7. The van der Waals surface area contributed by atoms with E-state index in [-0.39, 0.29) is 24.8 Å². The number of para-hydroxylation sites is 2. The maximum absolute atomic E-state index is 11.3. The number of aliphatic hydroxyl groups is 1. The lowest BCUT2D eigenvalue weighted by molar-refractivity contribution is -0.108. The number of benzene rings is 2. The smallest absolute Gasteiger partial charge is 0.161 e. The average Bonchev–Trinajstić information content (AvgIpc) is 2.74. The first-order valence-electron chi connectivity index (χ1n) is 8.12. The van der Waals surface area contributed by atoms with Gasteiger partial charge in [-0.2, -0.15) is 0 Å². The van der Waals surface area contributed by atoms with Crippen LogP contribution < -0.4 is 15.2 Å². The molecule has 1 aliphatic rings. The fourth-order valence-electron chi connectivity index (χ4n) is 3.08. The van der Waals surface area contributed by atoms with E-state index in [9.17, 15) is 10.2 Å². The summed E-state index contributed by atoms with van der Waals surface area (Å²) in [4.78, 5) is 0. The summed E-state index contributed by atoms with van der Waals surface area (Å²) in [7, 11) is 0. The average molecular weight is 329 g/mol. The molecule has 0 saturated carbocycles. The molecule has 0 aromatic heterocycles. The highest BCUT2D eigenvalue weighted by molar-refractivity contribution is 5.40. The zero-order valence-corrected chi connectivity index (χ0v) is 13.7. The van der Waals surface area contributed by atoms with Crippen LogP contribution in [0, 0.1) is 5.92 Å². The second-order valence-electron chi connectivity index (χ2n) is 6.34. The van der Waals surface area contributed by atoms with Crippen LogP contribution in [0.2, 0.25) is 0 Å². The molecule has 0 aliphatic carbocycles. The minimum atomic E-state index is -1.22. The quantitative estimate of drug-likeness (QED) is 0.800. The first-order chi connectivity index (χ1) is 11.5. The highest BCUT2D eigenvalue weighted by Gasteiger charge is 2.45. The molecular weight excluding hydrogens is 306 g/mol. The first kappa shape index (κ1) is 16.6. The van der Waals surface area contributed by atoms with Crippen molar-refractivity contribution in [2.45, 2.75) is 25.0 Å². The summed E-state index contributed by atoms with van der Waals surface area (Å²) in [5.41, 5.74) is 5.69. The standard InChI is InChI=1S/C19H23NO4/c1-13(10-14-6-8-15(21)9-7-14)19(22)12-23-16-4-2-3-5-17(16)24-18(19)11-20/h2-9,13,18,21-22H,10-12,20H2,1H3. The Morgan fingerprint density at radius 1 is 1.17 bits per heavy atom. The summed E-state index contributed by atoms with van der Waals surface area (Å²) in [6.07, 6.45) is 0.0596. The van der Waals surface area contributed by atoms with Crippen LogP contribution in [-0.4, -0.2) is 35.1 Å². The van der Waals surface area contributed by atoms with Crippen molar-refractivity contribution < 1.29 is 19.7 Å². The van der Waals surface area contributed by atoms with Crippen molar-refractivity contribution in [1.29, 1.82) is 0 Å². The largest absolute Gasteiger partial charge is 0.508 e. The number of hydrogen-bond donors (Lipinski definition) is 3. The van der Waals surface area contributed by atoms with Gasteiger partial charge in [0.05, 0.1) is 0 Å². The number of fused-ring (bicyclic) bond motifs is 1. The van der Waals surface area contributed by atoms with E-state index < -0.39 is 11.7 Å². The Morgan fingerprint density at radius 2 is 1.83 bits per heavy atom. The predicted molar refractivity (Wildman–Crippen MR) is 91.3 cm³/mol. The monoisotopic (exact) mass is 329 g/mol. The lowest BCUT2D eigenvalue weighted by Crippen LogP contribution is -2.57. The van der Waals surface area contributed by atoms with Crippen LogP contribution in [0.25, 0.3) is 0 Å². The van der Waals surface area contributed by atoms with Gasteiger partial charge in [-0.15, -0.1) is 0 Å². The molecule has 4 N–H and O–H groups in total. The summed E-state index contributed by atoms with van der Waals surface area (Å²) in [6, 6.07) is 14.3. The van der Waals surface area contributed by atoms with Gasteiger partial charge in [-0.1, -0.05) is 31.2 Å². The molecule has 0 radical (unpaired) electrons. The maximum atomic E-state index is 11.3. The lowest BCUT2D eigenvalue weighted by atomic mass is 9.80. The van der Waals surface area contributed by atoms with Crippen LogP contribution in [0.1, 0.15) is 12.5 Å². The zero-order chi connectivity index (χ0) is 17.2. The molecule has 0 spiro atoms. The topological polar surface area (TPSA) is 84.9 Å². The Bertz CT molecular complexity index is 688. The van der Waals surface area contributed by atoms with Gasteiger partial charge in [0.2, 0.25) is 0 Å². The molecule has 3 unspecified atom stereocenters. The number of rotatable bonds is 4. The molecule has 3 rings (SSSR count). The molecule has 5 heteroatoms. The summed E-state index contributed by atoms with van der Waals surface area (Å²) >= 11 is 0. The second-order valence-corrected chi connectivity index (χ2v) is 6.34. The van der Waals surface area contributed by atoms with Gasteiger partial charge in [0, 0.05) is 6.54 Å². The Hall–Kier alpha value is -2.24. The molecule has 1 aliphatic heterocycles. The van der Waals surface area contributed by atoms with Gasteiger partial charge in [0.25, 0.3) is 0 Å². The molecule has 0 amide bonds. The van der Waals surface area contributed by atoms with Crippen molar-refractivity contribution in [2.24, 2.45) is 11.7 Å². The van der Waals surface area contributed by atoms with Crippen molar-refractivity contribution in [3.63, 3.8) is 0 Å². The van der Waals surface area contributed by atoms with Crippen LogP contribution in [-0.2, 0) is 6.42 Å². The Morgan fingerprint density at radius 3 is 2.50 bits per heavy atom. The van der Waals surface area contributed by atoms with Crippen LogP contribution >= 0.6 is 0 Å². The fourth-order valence-corrected chi connectivity index (χ4v) is 3.08. The maximum Gasteiger partial charge on any atom is 0.161 e. The van der Waals surface area contributed by atoms with Crippen molar-refractivity contribution in [3.05, 3.63) is 54.1 Å². The number of hydrogen-bond acceptors (Lipinski definition) is 5. The normalized spacial score (nSPS) is 24.2. The van der Waals surface area contributed by atoms with Gasteiger partial charge in [-0.3, -0.25) is 0 Å². The van der Waals surface area contributed by atoms with E-state index in [1.807, 2.05) is 43.3 Å². The van der Waals surface area contributed by atoms with Crippen molar-refractivity contribution in [1.82, 2.24) is 0 Å². The number of nitrogens with two attached hydrogens (primary N) is 1. The van der Waals surface area contributed by atoms with E-state index in [4.69, 9.17) is 15.2 Å². The number of aromatic hydroxyl groups is 1. The van der Waals surface area contributed by atoms with E-state index in [1.165, 1.54) is 0 Å². The third-order valence-electron chi connectivity index (χ3n) is 4.68. The van der Waals surface area contributed by atoms with Crippen LogP contribution in [0.15, 0.2) is 48.5 Å². The van der Waals surface area contributed by atoms with Crippen LogP contribution in [0.4, 0.5) is 0 Å². The first-order valence-corrected chi connectivity index (χ1v) is 8.12. The van der Waals surface area contributed by atoms with Gasteiger partial charge < -0.3 is 25.4 Å². The highest BCUT2D eigenvalue weighted by atomic mass is 16.6. The van der Waals surface area contributed by atoms with Crippen molar-refractivity contribution in [3.8, 4) is 17.2 Å². The lowest BCUT2D eigenvalue weighted by Gasteiger charge is -2.37. The van der Waals surface area contributed by atoms with Gasteiger partial charge in [-0.25, -0.2) is 0 Å². The second kappa shape index (κ2) is 6.71. The highest BCUT2D eigenvalue weighted by Crippen LogP contribution is 2.37. The van der Waals surface area contributed by atoms with Gasteiger partial charge >= 0.3 is 0 Å². The molecule has 0 saturated heterocycles. The number of phenols is 1. The summed E-state index contributed by atoms with van der Waals surface area (Å²) < 4.78 is 11.8. The molecule has 1 heterocycles. The summed E-state index contributed by atoms with van der Waals surface area (Å²) in [5, 5.41) is 20.7. The van der Waals surface area contributed by atoms with E-state index >= 15 is 0 Å². The Balaban J connectivity index is 1.83. The van der Waals surface area contributed by atoms with E-state index in [0.29, 0.717) is 17.9 Å². The molecule has 3 atom stereocenters. The van der Waals surface area contributed by atoms with Crippen LogP contribution in [0.3, 0.4) is 0 Å². The van der Waals surface area contributed by atoms with Crippen LogP contribution in [0.5, 0.6) is 17.2 Å². The molecule has 2 aromatic rings. The molecule has 5 nitrogen and oxygen atoms in total. The SMILES string of the molecule is CC(Cc1ccc(O)cc1)C1(O)COc2ccccc2OC1CN. The fraction of sp³-hybridized carbons (Fsp3) is 0.368. The van der Waals surface area contributed by atoms with Crippen molar-refractivity contribution >= 4 is 0 Å². The third-order valence-corrected chi connectivity index (χ3v) is 4.68.